The molecule has 0 bridgehead atoms. The molecule has 1 heterocycles. The second-order valence-electron chi connectivity index (χ2n) is 7.12. The van der Waals surface area contributed by atoms with Crippen molar-refractivity contribution in [1.82, 2.24) is 4.57 Å². The number of fused-ring (bicyclic) bond motifs is 2. The van der Waals surface area contributed by atoms with Crippen LogP contribution in [0.2, 0.25) is 0 Å². The van der Waals surface area contributed by atoms with Crippen molar-refractivity contribution in [3.05, 3.63) is 72.6 Å². The summed E-state index contributed by atoms with van der Waals surface area (Å²) in [5.74, 6) is 0. The number of benzene rings is 3. The molecule has 4 nitrogen and oxygen atoms in total. The fourth-order valence-electron chi connectivity index (χ4n) is 3.18. The van der Waals surface area contributed by atoms with Crippen LogP contribution in [-0.4, -0.2) is 21.7 Å². The van der Waals surface area contributed by atoms with E-state index in [1.165, 1.54) is 21.8 Å². The second kappa shape index (κ2) is 7.22. The molecule has 12 heteroatoms. The van der Waals surface area contributed by atoms with Gasteiger partial charge >= 0.3 is 40.1 Å². The van der Waals surface area contributed by atoms with E-state index in [1.54, 1.807) is 12.1 Å². The number of halogens is 6. The first kappa shape index (κ1) is 23.1. The Balaban J connectivity index is 0.000000339. The molecular formula is C19H18BF6N2O2P. The SMILES string of the molecule is C[n+]1cn(Cc2ccc(B(O)O)cc2)c2cc3ccccc3cc21.F[P-](F)(F)(F)(F)F. The maximum absolute atomic E-state index is 10.7. The standard InChI is InChI=1S/C19H18BN2O2.F6P/c1-21-13-22(12-14-6-8-17(9-7-14)20(23)24)19-11-16-5-3-2-4-15(16)10-18(19)21;1-7(2,3,4,5)6/h2-11,13,23-24H,12H2,1H3;/q+1;-1. The molecule has 0 saturated heterocycles. The van der Waals surface area contributed by atoms with Gasteiger partial charge < -0.3 is 10.0 Å². The molecule has 3 aromatic carbocycles. The Bertz CT molecular complexity index is 1230. The first-order valence-corrected chi connectivity index (χ1v) is 11.0. The molecule has 2 N–H and O–H groups in total. The van der Waals surface area contributed by atoms with E-state index in [0.717, 1.165) is 12.1 Å². The van der Waals surface area contributed by atoms with E-state index in [0.29, 0.717) is 5.46 Å². The minimum atomic E-state index is -10.7. The van der Waals surface area contributed by atoms with Crippen LogP contribution in [0.3, 0.4) is 0 Å². The third-order valence-electron chi connectivity index (χ3n) is 4.48. The van der Waals surface area contributed by atoms with Gasteiger partial charge in [-0.1, -0.05) is 48.5 Å². The quantitative estimate of drug-likeness (QED) is 0.200. The normalized spacial score (nSPS) is 14.0. The number of imidazole rings is 1. The first-order valence-electron chi connectivity index (χ1n) is 8.95. The minimum absolute atomic E-state index is 0.507. The average molecular weight is 462 g/mol. The van der Waals surface area contributed by atoms with Gasteiger partial charge in [-0.2, -0.15) is 0 Å². The third-order valence-corrected chi connectivity index (χ3v) is 4.48. The van der Waals surface area contributed by atoms with Crippen LogP contribution in [0.25, 0.3) is 21.8 Å². The average Bonchev–Trinajstić information content (AvgIpc) is 2.93. The molecule has 31 heavy (non-hydrogen) atoms. The van der Waals surface area contributed by atoms with Crippen LogP contribution in [0.1, 0.15) is 5.56 Å². The summed E-state index contributed by atoms with van der Waals surface area (Å²) < 4.78 is 63.5. The molecule has 166 valence electrons. The molecule has 0 unspecified atom stereocenters. The molecule has 0 spiro atoms. The van der Waals surface area contributed by atoms with Crippen LogP contribution in [-0.2, 0) is 13.6 Å². The maximum atomic E-state index is 9.87. The van der Waals surface area contributed by atoms with Crippen LogP contribution in [0.15, 0.2) is 67.0 Å². The van der Waals surface area contributed by atoms with Crippen LogP contribution in [0.5, 0.6) is 0 Å². The number of hydrogen-bond donors (Lipinski definition) is 2. The van der Waals surface area contributed by atoms with E-state index < -0.39 is 14.9 Å². The van der Waals surface area contributed by atoms with Crippen molar-refractivity contribution in [2.75, 3.05) is 0 Å². The zero-order chi connectivity index (χ0) is 23.1. The monoisotopic (exact) mass is 462 g/mol. The Hall–Kier alpha value is -2.62. The zero-order valence-electron chi connectivity index (χ0n) is 16.1. The Morgan fingerprint density at radius 3 is 1.90 bits per heavy atom. The Labute approximate surface area is 173 Å². The van der Waals surface area contributed by atoms with Crippen LogP contribution in [0, 0.1) is 0 Å². The van der Waals surface area contributed by atoms with Gasteiger partial charge in [-0.3, -0.25) is 0 Å². The Morgan fingerprint density at radius 2 is 1.39 bits per heavy atom. The number of hydrogen-bond acceptors (Lipinski definition) is 2. The molecule has 1 aromatic heterocycles. The van der Waals surface area contributed by atoms with Crippen LogP contribution < -0.4 is 10.0 Å². The molecular weight excluding hydrogens is 444 g/mol. The summed E-state index contributed by atoms with van der Waals surface area (Å²) in [7, 11) is -10.0. The topological polar surface area (TPSA) is 49.3 Å². The van der Waals surface area contributed by atoms with E-state index in [-0.39, 0.29) is 0 Å². The van der Waals surface area contributed by atoms with Gasteiger partial charge in [0.05, 0.1) is 7.05 Å². The van der Waals surface area contributed by atoms with Gasteiger partial charge in [0.2, 0.25) is 6.33 Å². The Kier molecular flexibility index (Phi) is 5.37. The molecule has 0 aliphatic carbocycles. The molecule has 0 radical (unpaired) electrons. The van der Waals surface area contributed by atoms with Gasteiger partial charge in [-0.25, -0.2) is 9.13 Å². The summed E-state index contributed by atoms with van der Waals surface area (Å²) in [5.41, 5.74) is 4.00. The van der Waals surface area contributed by atoms with Gasteiger partial charge in [-0.15, -0.1) is 0 Å². The molecule has 4 aromatic rings. The fourth-order valence-corrected chi connectivity index (χ4v) is 3.18. The van der Waals surface area contributed by atoms with Gasteiger partial charge in [0.25, 0.3) is 0 Å². The van der Waals surface area contributed by atoms with E-state index >= 15 is 0 Å². The predicted octanol–water partition coefficient (Wildman–Crippen LogP) is 4.73. The number of aromatic nitrogens is 2. The molecule has 0 aliphatic heterocycles. The van der Waals surface area contributed by atoms with Gasteiger partial charge in [0.15, 0.2) is 11.0 Å². The summed E-state index contributed by atoms with van der Waals surface area (Å²) in [5, 5.41) is 20.9. The number of nitrogens with zero attached hydrogens (tertiary/aromatic N) is 2. The van der Waals surface area contributed by atoms with Crippen LogP contribution >= 0.6 is 7.81 Å². The van der Waals surface area contributed by atoms with E-state index in [4.69, 9.17) is 0 Å². The van der Waals surface area contributed by atoms with Gasteiger partial charge in [0, 0.05) is 0 Å². The molecule has 0 fully saturated rings. The van der Waals surface area contributed by atoms with E-state index in [2.05, 4.69) is 58.9 Å². The van der Waals surface area contributed by atoms with Gasteiger partial charge in [0.1, 0.15) is 6.54 Å². The van der Waals surface area contributed by atoms with E-state index in [1.807, 2.05) is 12.1 Å². The summed E-state index contributed by atoms with van der Waals surface area (Å²) in [6.45, 7) is 0.734. The summed E-state index contributed by atoms with van der Waals surface area (Å²) >= 11 is 0. The van der Waals surface area contributed by atoms with Crippen molar-refractivity contribution >= 4 is 42.2 Å². The van der Waals surface area contributed by atoms with Crippen LogP contribution in [0.4, 0.5) is 25.2 Å². The third kappa shape index (κ3) is 6.95. The summed E-state index contributed by atoms with van der Waals surface area (Å²) in [6, 6.07) is 20.2. The van der Waals surface area contributed by atoms with Crippen molar-refractivity contribution in [2.24, 2.45) is 7.05 Å². The molecule has 0 atom stereocenters. The fraction of sp³-hybridized carbons (Fsp3) is 0.105. The zero-order valence-corrected chi connectivity index (χ0v) is 17.0. The molecule has 0 amide bonds. The summed E-state index contributed by atoms with van der Waals surface area (Å²) in [4.78, 5) is 0. The van der Waals surface area contributed by atoms with Crippen molar-refractivity contribution < 1.29 is 39.8 Å². The summed E-state index contributed by atoms with van der Waals surface area (Å²) in [6.07, 6.45) is 2.10. The number of aryl methyl sites for hydroxylation is 1. The van der Waals surface area contributed by atoms with E-state index in [9.17, 15) is 35.2 Å². The predicted molar refractivity (Wildman–Crippen MR) is 110 cm³/mol. The van der Waals surface area contributed by atoms with Gasteiger partial charge in [-0.05, 0) is 33.9 Å². The van der Waals surface area contributed by atoms with Crippen molar-refractivity contribution in [3.8, 4) is 0 Å². The molecule has 4 rings (SSSR count). The molecule has 0 aliphatic rings. The second-order valence-corrected chi connectivity index (χ2v) is 9.03. The van der Waals surface area contributed by atoms with Crippen molar-refractivity contribution in [2.45, 2.75) is 6.54 Å². The van der Waals surface area contributed by atoms with Crippen molar-refractivity contribution in [3.63, 3.8) is 0 Å². The molecule has 0 saturated carbocycles. The number of rotatable bonds is 3. The first-order chi connectivity index (χ1) is 14.1. The van der Waals surface area contributed by atoms with Crippen molar-refractivity contribution in [1.29, 1.82) is 0 Å². The Morgan fingerprint density at radius 1 is 0.871 bits per heavy atom.